The minimum Gasteiger partial charge on any atom is -0.497 e. The first-order chi connectivity index (χ1) is 19.4. The number of nitrogens with one attached hydrogen (secondary N) is 1. The first-order valence-corrected chi connectivity index (χ1v) is 13.4. The van der Waals surface area contributed by atoms with Gasteiger partial charge in [0.15, 0.2) is 5.78 Å². The fourth-order valence-electron chi connectivity index (χ4n) is 5.62. The van der Waals surface area contributed by atoms with Gasteiger partial charge in [0, 0.05) is 28.3 Å². The van der Waals surface area contributed by atoms with Gasteiger partial charge in [0.2, 0.25) is 0 Å². The van der Waals surface area contributed by atoms with Crippen molar-refractivity contribution in [3.63, 3.8) is 0 Å². The van der Waals surface area contributed by atoms with Crippen molar-refractivity contribution >= 4 is 34.7 Å². The molecule has 1 amide bonds. The van der Waals surface area contributed by atoms with E-state index in [1.165, 1.54) is 12.1 Å². The Balaban J connectivity index is 1.53. The van der Waals surface area contributed by atoms with Gasteiger partial charge in [-0.1, -0.05) is 48.0 Å². The lowest BCUT2D eigenvalue weighted by Gasteiger charge is -2.35. The number of allylic oxidation sites excluding steroid dienone is 1. The zero-order chi connectivity index (χ0) is 27.8. The molecule has 0 radical (unpaired) electrons. The van der Waals surface area contributed by atoms with Crippen LogP contribution in [0.25, 0.3) is 0 Å². The number of halogens is 2. The summed E-state index contributed by atoms with van der Waals surface area (Å²) in [7, 11) is 1.62. The van der Waals surface area contributed by atoms with Crippen molar-refractivity contribution in [2.24, 2.45) is 0 Å². The summed E-state index contributed by atoms with van der Waals surface area (Å²) in [6.07, 6.45) is 0.853. The summed E-state index contributed by atoms with van der Waals surface area (Å²) in [6, 6.07) is 27.2. The Hall–Kier alpha value is -4.42. The molecule has 0 aromatic heterocycles. The van der Waals surface area contributed by atoms with Gasteiger partial charge < -0.3 is 10.1 Å². The highest BCUT2D eigenvalue weighted by Gasteiger charge is 2.41. The molecule has 0 spiro atoms. The van der Waals surface area contributed by atoms with Gasteiger partial charge in [0.25, 0.3) is 5.91 Å². The number of carbonyl (C=O) groups is 2. The Morgan fingerprint density at radius 2 is 1.57 bits per heavy atom. The van der Waals surface area contributed by atoms with Gasteiger partial charge in [0.1, 0.15) is 11.6 Å². The molecule has 0 unspecified atom stereocenters. The van der Waals surface area contributed by atoms with Crippen LogP contribution >= 0.6 is 11.6 Å². The van der Waals surface area contributed by atoms with Crippen molar-refractivity contribution in [1.29, 1.82) is 0 Å². The SMILES string of the molecule is COc1ccc([C@@H]2CC(=O)C3=C(C2)Nc2ccccc2N(C(=O)c2ccc(Cl)cc2)[C@H]3c2ccc(F)cc2)cc1. The number of ketones is 1. The molecule has 0 bridgehead atoms. The number of ether oxygens (including phenoxy) is 1. The van der Waals surface area contributed by atoms with E-state index in [-0.39, 0.29) is 24.0 Å². The van der Waals surface area contributed by atoms with Crippen LogP contribution in [0.3, 0.4) is 0 Å². The van der Waals surface area contributed by atoms with E-state index in [2.05, 4.69) is 5.32 Å². The highest BCUT2D eigenvalue weighted by molar-refractivity contribution is 6.30. The number of para-hydroxylation sites is 2. The van der Waals surface area contributed by atoms with Gasteiger partial charge in [-0.15, -0.1) is 0 Å². The van der Waals surface area contributed by atoms with Crippen LogP contribution in [0.1, 0.15) is 46.3 Å². The molecule has 200 valence electrons. The van der Waals surface area contributed by atoms with Gasteiger partial charge in [-0.3, -0.25) is 14.5 Å². The second-order valence-corrected chi connectivity index (χ2v) is 10.4. The van der Waals surface area contributed by atoms with Crippen LogP contribution in [-0.4, -0.2) is 18.8 Å². The number of nitrogens with zero attached hydrogens (tertiary/aromatic N) is 1. The van der Waals surface area contributed by atoms with E-state index in [1.54, 1.807) is 48.4 Å². The molecule has 0 saturated carbocycles. The number of Topliss-reactive ketones (excluding diaryl/α,β-unsaturated/α-hetero) is 1. The van der Waals surface area contributed by atoms with Gasteiger partial charge in [-0.05, 0) is 84.1 Å². The van der Waals surface area contributed by atoms with Crippen LogP contribution in [0.15, 0.2) is 108 Å². The van der Waals surface area contributed by atoms with E-state index in [0.29, 0.717) is 39.5 Å². The molecule has 4 aromatic rings. The maximum absolute atomic E-state index is 14.2. The molecule has 1 N–H and O–H groups in total. The Labute approximate surface area is 236 Å². The lowest BCUT2D eigenvalue weighted by Crippen LogP contribution is -2.38. The molecule has 1 aliphatic heterocycles. The number of hydrogen-bond acceptors (Lipinski definition) is 4. The Morgan fingerprint density at radius 3 is 2.27 bits per heavy atom. The Bertz CT molecular complexity index is 1620. The van der Waals surface area contributed by atoms with E-state index in [4.69, 9.17) is 16.3 Å². The molecule has 2 aliphatic rings. The third-order valence-corrected chi connectivity index (χ3v) is 7.82. The number of carbonyl (C=O) groups excluding carboxylic acids is 2. The highest BCUT2D eigenvalue weighted by atomic mass is 35.5. The van der Waals surface area contributed by atoms with Crippen LogP contribution in [0.4, 0.5) is 15.8 Å². The Kier molecular flexibility index (Phi) is 6.86. The third kappa shape index (κ3) is 4.75. The number of methoxy groups -OCH3 is 1. The maximum Gasteiger partial charge on any atom is 0.259 e. The quantitative estimate of drug-likeness (QED) is 0.282. The molecule has 7 heteroatoms. The Morgan fingerprint density at radius 1 is 0.900 bits per heavy atom. The summed E-state index contributed by atoms with van der Waals surface area (Å²) in [6.45, 7) is 0. The first-order valence-electron chi connectivity index (χ1n) is 13.0. The van der Waals surface area contributed by atoms with Crippen molar-refractivity contribution in [2.75, 3.05) is 17.3 Å². The third-order valence-electron chi connectivity index (χ3n) is 7.57. The minimum absolute atomic E-state index is 0.0517. The second-order valence-electron chi connectivity index (χ2n) is 9.97. The van der Waals surface area contributed by atoms with Gasteiger partial charge >= 0.3 is 0 Å². The maximum atomic E-state index is 14.2. The van der Waals surface area contributed by atoms with E-state index in [9.17, 15) is 14.0 Å². The zero-order valence-corrected chi connectivity index (χ0v) is 22.5. The number of benzene rings is 4. The predicted octanol–water partition coefficient (Wildman–Crippen LogP) is 7.70. The van der Waals surface area contributed by atoms with E-state index in [1.807, 2.05) is 48.5 Å². The van der Waals surface area contributed by atoms with Crippen molar-refractivity contribution in [3.05, 3.63) is 136 Å². The summed E-state index contributed by atoms with van der Waals surface area (Å²) in [5, 5.41) is 4.03. The number of rotatable bonds is 4. The highest BCUT2D eigenvalue weighted by Crippen LogP contribution is 2.48. The summed E-state index contributed by atoms with van der Waals surface area (Å²) >= 11 is 6.11. The second kappa shape index (κ2) is 10.6. The molecule has 1 aliphatic carbocycles. The molecule has 40 heavy (non-hydrogen) atoms. The predicted molar refractivity (Wildman–Crippen MR) is 154 cm³/mol. The molecule has 1 heterocycles. The van der Waals surface area contributed by atoms with Crippen molar-refractivity contribution in [3.8, 4) is 5.75 Å². The van der Waals surface area contributed by atoms with Crippen LogP contribution < -0.4 is 15.0 Å². The standard InChI is InChI=1S/C33H26ClFN2O3/c1-40-26-16-10-20(11-17-26)23-18-28-31(30(38)19-23)32(21-8-14-25(35)15-9-21)37(29-5-3-2-4-27(29)36-28)33(39)22-6-12-24(34)13-7-22/h2-17,23,32,36H,18-19H2,1H3/t23-,32-/m0/s1. The van der Waals surface area contributed by atoms with Crippen LogP contribution in [0.5, 0.6) is 5.75 Å². The normalized spacial score (nSPS) is 18.4. The van der Waals surface area contributed by atoms with Crippen molar-refractivity contribution in [1.82, 2.24) is 0 Å². The lowest BCUT2D eigenvalue weighted by molar-refractivity contribution is -0.116. The largest absolute Gasteiger partial charge is 0.497 e. The fraction of sp³-hybridized carbons (Fsp3) is 0.152. The summed E-state index contributed by atoms with van der Waals surface area (Å²) in [5.74, 6) is -0.0517. The molecular weight excluding hydrogens is 527 g/mol. The molecule has 4 aromatic carbocycles. The number of hydrogen-bond donors (Lipinski definition) is 1. The molecule has 0 fully saturated rings. The lowest BCUT2D eigenvalue weighted by atomic mass is 9.78. The zero-order valence-electron chi connectivity index (χ0n) is 21.7. The van der Waals surface area contributed by atoms with E-state index < -0.39 is 11.9 Å². The molecule has 6 rings (SSSR count). The van der Waals surface area contributed by atoms with E-state index >= 15 is 0 Å². The van der Waals surface area contributed by atoms with Crippen LogP contribution in [-0.2, 0) is 4.79 Å². The topological polar surface area (TPSA) is 58.6 Å². The fourth-order valence-corrected chi connectivity index (χ4v) is 5.74. The number of anilines is 2. The molecule has 2 atom stereocenters. The van der Waals surface area contributed by atoms with Gasteiger partial charge in [0.05, 0.1) is 24.5 Å². The summed E-state index contributed by atoms with van der Waals surface area (Å²) in [4.78, 5) is 30.0. The average Bonchev–Trinajstić information content (AvgIpc) is 3.12. The average molecular weight is 553 g/mol. The van der Waals surface area contributed by atoms with Gasteiger partial charge in [-0.2, -0.15) is 0 Å². The molecule has 0 saturated heterocycles. The van der Waals surface area contributed by atoms with Crippen LogP contribution in [0, 0.1) is 5.82 Å². The molecule has 5 nitrogen and oxygen atoms in total. The summed E-state index contributed by atoms with van der Waals surface area (Å²) < 4.78 is 19.3. The monoisotopic (exact) mass is 552 g/mol. The van der Waals surface area contributed by atoms with E-state index in [0.717, 1.165) is 17.0 Å². The first kappa shape index (κ1) is 25.8. The number of fused-ring (bicyclic) bond motifs is 1. The van der Waals surface area contributed by atoms with Crippen molar-refractivity contribution in [2.45, 2.75) is 24.8 Å². The van der Waals surface area contributed by atoms with Crippen molar-refractivity contribution < 1.29 is 18.7 Å². The van der Waals surface area contributed by atoms with Gasteiger partial charge in [-0.25, -0.2) is 4.39 Å². The summed E-state index contributed by atoms with van der Waals surface area (Å²) in [5.41, 5.74) is 4.71. The smallest absolute Gasteiger partial charge is 0.259 e. The minimum atomic E-state index is -0.765. The molecular formula is C33H26ClFN2O3. The van der Waals surface area contributed by atoms with Crippen LogP contribution in [0.2, 0.25) is 5.02 Å². The number of amides is 1.